The minimum Gasteiger partial charge on any atom is -0.390 e. The van der Waals surface area contributed by atoms with Crippen molar-refractivity contribution >= 4 is 28.9 Å². The Labute approximate surface area is 189 Å². The molecule has 4 rings (SSSR count). The number of benzene rings is 2. The van der Waals surface area contributed by atoms with Gasteiger partial charge in [-0.15, -0.1) is 0 Å². The molecule has 1 amide bonds. The molecule has 0 radical (unpaired) electrons. The topological polar surface area (TPSA) is 45.1 Å². The Balaban J connectivity index is 1.43. The van der Waals surface area contributed by atoms with E-state index in [2.05, 4.69) is 34.3 Å². The number of nitrogens with zero attached hydrogens (tertiary/aromatic N) is 3. The third-order valence-electron chi connectivity index (χ3n) is 6.15. The Morgan fingerprint density at radius 1 is 1.13 bits per heavy atom. The zero-order valence-corrected chi connectivity index (χ0v) is 19.0. The van der Waals surface area contributed by atoms with Crippen molar-refractivity contribution < 1.29 is 9.63 Å². The largest absolute Gasteiger partial charge is 0.390 e. The average Bonchev–Trinajstić information content (AvgIpc) is 3.45. The van der Waals surface area contributed by atoms with E-state index in [-0.39, 0.29) is 17.9 Å². The van der Waals surface area contributed by atoms with E-state index in [0.717, 1.165) is 48.2 Å². The van der Waals surface area contributed by atoms with Crippen molar-refractivity contribution in [3.63, 3.8) is 0 Å². The summed E-state index contributed by atoms with van der Waals surface area (Å²) in [6, 6.07) is 16.1. The minimum atomic E-state index is -0.131. The maximum atomic E-state index is 13.3. The van der Waals surface area contributed by atoms with Gasteiger partial charge in [0.25, 0.3) is 0 Å². The third kappa shape index (κ3) is 5.40. The van der Waals surface area contributed by atoms with Crippen LogP contribution in [0, 0.1) is 5.92 Å². The first-order chi connectivity index (χ1) is 15.0. The first-order valence-corrected chi connectivity index (χ1v) is 11.4. The van der Waals surface area contributed by atoms with Crippen molar-refractivity contribution in [2.75, 3.05) is 25.5 Å². The molecule has 0 unspecified atom stereocenters. The number of oxime groups is 1. The lowest BCUT2D eigenvalue weighted by Gasteiger charge is -2.27. The summed E-state index contributed by atoms with van der Waals surface area (Å²) in [4.78, 5) is 23.0. The van der Waals surface area contributed by atoms with Crippen LogP contribution in [0.15, 0.2) is 53.7 Å². The second kappa shape index (κ2) is 9.73. The molecule has 2 aromatic carbocycles. The van der Waals surface area contributed by atoms with E-state index in [1.165, 1.54) is 0 Å². The highest BCUT2D eigenvalue weighted by atomic mass is 35.5. The van der Waals surface area contributed by atoms with Crippen molar-refractivity contribution in [1.29, 1.82) is 0 Å². The molecule has 2 aliphatic rings. The van der Waals surface area contributed by atoms with Crippen molar-refractivity contribution in [2.24, 2.45) is 11.1 Å². The van der Waals surface area contributed by atoms with Crippen LogP contribution < -0.4 is 4.90 Å². The van der Waals surface area contributed by atoms with Gasteiger partial charge in [0, 0.05) is 43.7 Å². The zero-order chi connectivity index (χ0) is 21.8. The summed E-state index contributed by atoms with van der Waals surface area (Å²) < 4.78 is 0. The molecule has 1 fully saturated rings. The molecule has 1 atom stereocenters. The molecule has 6 heteroatoms. The first-order valence-electron chi connectivity index (χ1n) is 11.0. The summed E-state index contributed by atoms with van der Waals surface area (Å²) >= 11 is 6.17. The van der Waals surface area contributed by atoms with Crippen molar-refractivity contribution in [2.45, 2.75) is 44.8 Å². The van der Waals surface area contributed by atoms with Crippen LogP contribution in [-0.4, -0.2) is 43.3 Å². The monoisotopic (exact) mass is 439 g/mol. The van der Waals surface area contributed by atoms with Gasteiger partial charge >= 0.3 is 0 Å². The molecule has 5 nitrogen and oxygen atoms in total. The second-order valence-electron chi connectivity index (χ2n) is 8.74. The number of carbonyl (C=O) groups is 1. The van der Waals surface area contributed by atoms with Gasteiger partial charge in [-0.3, -0.25) is 4.79 Å². The van der Waals surface area contributed by atoms with Crippen LogP contribution >= 0.6 is 11.6 Å². The maximum Gasteiger partial charge on any atom is 0.226 e. The van der Waals surface area contributed by atoms with E-state index in [1.807, 2.05) is 43.3 Å². The van der Waals surface area contributed by atoms with E-state index >= 15 is 0 Å². The van der Waals surface area contributed by atoms with Crippen LogP contribution in [0.2, 0.25) is 5.02 Å². The molecule has 164 valence electrons. The van der Waals surface area contributed by atoms with Crippen molar-refractivity contribution in [3.05, 3.63) is 64.7 Å². The van der Waals surface area contributed by atoms with Gasteiger partial charge in [-0.2, -0.15) is 0 Å². The molecule has 31 heavy (non-hydrogen) atoms. The summed E-state index contributed by atoms with van der Waals surface area (Å²) in [6.07, 6.45) is 4.81. The smallest absolute Gasteiger partial charge is 0.226 e. The predicted molar refractivity (Wildman–Crippen MR) is 126 cm³/mol. The standard InChI is InChI=1S/C25H30ClN3O2/c1-28(2)22-12-10-19(11-13-22)24-15-23(31-27-24)17-29(25(30)20-7-3-4-8-20)16-18-6-5-9-21(26)14-18/h5-6,9-14,20,23H,3-4,7-8,15-17H2,1-2H3/t23-/m1/s1. The molecule has 2 aromatic rings. The van der Waals surface area contributed by atoms with E-state index in [4.69, 9.17) is 16.4 Å². The fourth-order valence-electron chi connectivity index (χ4n) is 4.41. The highest BCUT2D eigenvalue weighted by Crippen LogP contribution is 2.28. The summed E-state index contributed by atoms with van der Waals surface area (Å²) in [6.45, 7) is 1.08. The van der Waals surface area contributed by atoms with E-state index < -0.39 is 0 Å². The van der Waals surface area contributed by atoms with Crippen LogP contribution in [0.1, 0.15) is 43.2 Å². The molecule has 1 heterocycles. The van der Waals surface area contributed by atoms with Gasteiger partial charge in [0.15, 0.2) is 6.10 Å². The van der Waals surface area contributed by atoms with Gasteiger partial charge in [0.2, 0.25) is 5.91 Å². The molecule has 0 spiro atoms. The Bertz CT molecular complexity index is 936. The number of hydrogen-bond donors (Lipinski definition) is 0. The Kier molecular flexibility index (Phi) is 6.81. The summed E-state index contributed by atoms with van der Waals surface area (Å²) in [5.41, 5.74) is 4.19. The van der Waals surface area contributed by atoms with Gasteiger partial charge in [-0.05, 0) is 48.2 Å². The lowest BCUT2D eigenvalue weighted by molar-refractivity contribution is -0.137. The fraction of sp³-hybridized carbons (Fsp3) is 0.440. The Morgan fingerprint density at radius 3 is 2.55 bits per heavy atom. The quantitative estimate of drug-likeness (QED) is 0.601. The lowest BCUT2D eigenvalue weighted by atomic mass is 10.0. The van der Waals surface area contributed by atoms with Gasteiger partial charge in [0.05, 0.1) is 12.3 Å². The van der Waals surface area contributed by atoms with Crippen LogP contribution in [-0.2, 0) is 16.2 Å². The van der Waals surface area contributed by atoms with Crippen LogP contribution in [0.5, 0.6) is 0 Å². The number of hydrogen-bond acceptors (Lipinski definition) is 4. The normalized spacial score (nSPS) is 18.5. The summed E-state index contributed by atoms with van der Waals surface area (Å²) in [5, 5.41) is 5.03. The lowest BCUT2D eigenvalue weighted by Crippen LogP contribution is -2.40. The SMILES string of the molecule is CN(C)c1ccc(C2=NO[C@@H](CN(Cc3cccc(Cl)c3)C(=O)C3CCCC3)C2)cc1. The van der Waals surface area contributed by atoms with Crippen LogP contribution in [0.25, 0.3) is 0 Å². The number of anilines is 1. The summed E-state index contributed by atoms with van der Waals surface area (Å²) in [7, 11) is 4.05. The van der Waals surface area contributed by atoms with Crippen LogP contribution in [0.3, 0.4) is 0 Å². The van der Waals surface area contributed by atoms with E-state index in [9.17, 15) is 4.79 Å². The van der Waals surface area contributed by atoms with E-state index in [0.29, 0.717) is 24.5 Å². The molecule has 0 bridgehead atoms. The molecule has 0 N–H and O–H groups in total. The maximum absolute atomic E-state index is 13.3. The van der Waals surface area contributed by atoms with Crippen LogP contribution in [0.4, 0.5) is 5.69 Å². The average molecular weight is 440 g/mol. The zero-order valence-electron chi connectivity index (χ0n) is 18.3. The molecular formula is C25H30ClN3O2. The predicted octanol–water partition coefficient (Wildman–Crippen LogP) is 5.12. The number of amides is 1. The molecular weight excluding hydrogens is 410 g/mol. The van der Waals surface area contributed by atoms with Gasteiger partial charge in [-0.25, -0.2) is 0 Å². The third-order valence-corrected chi connectivity index (χ3v) is 6.39. The number of halogens is 1. The minimum absolute atomic E-state index is 0.125. The number of rotatable bonds is 7. The van der Waals surface area contributed by atoms with Gasteiger partial charge in [0.1, 0.15) is 0 Å². The molecule has 1 aliphatic heterocycles. The van der Waals surface area contributed by atoms with E-state index in [1.54, 1.807) is 0 Å². The number of carbonyl (C=O) groups excluding carboxylic acids is 1. The Morgan fingerprint density at radius 2 is 1.87 bits per heavy atom. The molecule has 1 saturated carbocycles. The van der Waals surface area contributed by atoms with Gasteiger partial charge in [-0.1, -0.05) is 53.9 Å². The summed E-state index contributed by atoms with van der Waals surface area (Å²) in [5.74, 6) is 0.351. The Hall–Kier alpha value is -2.53. The highest BCUT2D eigenvalue weighted by molar-refractivity contribution is 6.30. The molecule has 0 saturated heterocycles. The van der Waals surface area contributed by atoms with Gasteiger partial charge < -0.3 is 14.6 Å². The first kappa shape index (κ1) is 21.7. The highest BCUT2D eigenvalue weighted by Gasteiger charge is 2.31. The van der Waals surface area contributed by atoms with Crippen molar-refractivity contribution in [1.82, 2.24) is 4.90 Å². The fourth-order valence-corrected chi connectivity index (χ4v) is 4.63. The second-order valence-corrected chi connectivity index (χ2v) is 9.18. The van der Waals surface area contributed by atoms with Crippen molar-refractivity contribution in [3.8, 4) is 0 Å². The molecule has 1 aliphatic carbocycles. The molecule has 0 aromatic heterocycles.